The number of nitrogens with zero attached hydrogens (tertiary/aromatic N) is 3. The van der Waals surface area contributed by atoms with E-state index in [1.165, 1.54) is 19.3 Å². The van der Waals surface area contributed by atoms with Gasteiger partial charge in [0.15, 0.2) is 5.69 Å². The maximum atomic E-state index is 12.7. The first-order valence-corrected chi connectivity index (χ1v) is 9.39. The lowest BCUT2D eigenvalue weighted by atomic mass is 10.0. The molecule has 0 bridgehead atoms. The van der Waals surface area contributed by atoms with Crippen molar-refractivity contribution < 1.29 is 9.53 Å². The van der Waals surface area contributed by atoms with E-state index in [0.29, 0.717) is 25.5 Å². The minimum absolute atomic E-state index is 0.138. The molecule has 1 saturated heterocycles. The summed E-state index contributed by atoms with van der Waals surface area (Å²) in [5.41, 5.74) is 3.51. The number of H-pyrrole nitrogens is 1. The number of hydrogen-bond acceptors (Lipinski definition) is 5. The van der Waals surface area contributed by atoms with E-state index >= 15 is 0 Å². The summed E-state index contributed by atoms with van der Waals surface area (Å²) in [4.78, 5) is 19.4. The van der Waals surface area contributed by atoms with Crippen molar-refractivity contribution in [3.8, 4) is 0 Å². The standard InChI is InChI=1S/C19H25N5O2/c25-19(18-15-13-26-10-6-16(15)22-23-18)21-12-17(14-5-4-7-20-11-14)24-8-2-1-3-9-24/h4-5,7,11,17H,1-3,6,8-10,12-13H2,(H,21,25)(H,22,23)/t17-/m0/s1. The number of aromatic nitrogens is 3. The molecular weight excluding hydrogens is 330 g/mol. The molecule has 0 spiro atoms. The highest BCUT2D eigenvalue weighted by molar-refractivity contribution is 5.94. The fraction of sp³-hybridized carbons (Fsp3) is 0.526. The number of aromatic amines is 1. The third kappa shape index (κ3) is 3.64. The van der Waals surface area contributed by atoms with Gasteiger partial charge in [-0.3, -0.25) is 19.8 Å². The summed E-state index contributed by atoms with van der Waals surface area (Å²) >= 11 is 0. The first-order valence-electron chi connectivity index (χ1n) is 9.39. The van der Waals surface area contributed by atoms with E-state index in [1.807, 2.05) is 12.3 Å². The summed E-state index contributed by atoms with van der Waals surface area (Å²) < 4.78 is 5.48. The summed E-state index contributed by atoms with van der Waals surface area (Å²) in [6, 6.07) is 4.18. The minimum atomic E-state index is -0.140. The van der Waals surface area contributed by atoms with E-state index < -0.39 is 0 Å². The fourth-order valence-electron chi connectivity index (χ4n) is 3.83. The van der Waals surface area contributed by atoms with E-state index in [1.54, 1.807) is 6.20 Å². The van der Waals surface area contributed by atoms with Crippen LogP contribution in [0.3, 0.4) is 0 Å². The Morgan fingerprint density at radius 2 is 2.23 bits per heavy atom. The molecule has 2 aromatic heterocycles. The quantitative estimate of drug-likeness (QED) is 0.855. The van der Waals surface area contributed by atoms with E-state index in [2.05, 4.69) is 31.5 Å². The molecule has 0 saturated carbocycles. The number of carbonyl (C=O) groups excluding carboxylic acids is 1. The lowest BCUT2D eigenvalue weighted by Gasteiger charge is -2.34. The van der Waals surface area contributed by atoms with Crippen LogP contribution in [0.1, 0.15) is 52.6 Å². The second kappa shape index (κ2) is 7.97. The molecule has 1 fully saturated rings. The zero-order valence-corrected chi connectivity index (χ0v) is 14.9. The molecule has 0 aromatic carbocycles. The molecule has 1 amide bonds. The minimum Gasteiger partial charge on any atom is -0.376 e. The Balaban J connectivity index is 1.47. The number of amides is 1. The molecule has 7 heteroatoms. The van der Waals surface area contributed by atoms with E-state index in [0.717, 1.165) is 36.3 Å². The van der Waals surface area contributed by atoms with Crippen LogP contribution < -0.4 is 5.32 Å². The molecule has 2 N–H and O–H groups in total. The SMILES string of the molecule is O=C(NC[C@@H](c1cccnc1)N1CCCCC1)c1n[nH]c2c1COCC2. The number of pyridine rings is 1. The molecule has 0 radical (unpaired) electrons. The van der Waals surface area contributed by atoms with Gasteiger partial charge in [0, 0.05) is 36.6 Å². The Labute approximate surface area is 153 Å². The summed E-state index contributed by atoms with van der Waals surface area (Å²) in [5.74, 6) is -0.140. The topological polar surface area (TPSA) is 83.1 Å². The molecule has 4 heterocycles. The van der Waals surface area contributed by atoms with Crippen LogP contribution in [0.5, 0.6) is 0 Å². The number of fused-ring (bicyclic) bond motifs is 1. The van der Waals surface area contributed by atoms with Crippen molar-refractivity contribution in [1.82, 2.24) is 25.4 Å². The van der Waals surface area contributed by atoms with Gasteiger partial charge in [-0.25, -0.2) is 0 Å². The highest BCUT2D eigenvalue weighted by atomic mass is 16.5. The van der Waals surface area contributed by atoms with Gasteiger partial charge in [0.25, 0.3) is 5.91 Å². The molecule has 2 aliphatic heterocycles. The van der Waals surface area contributed by atoms with Crippen molar-refractivity contribution in [1.29, 1.82) is 0 Å². The van der Waals surface area contributed by atoms with Crippen molar-refractivity contribution in [2.24, 2.45) is 0 Å². The average molecular weight is 355 g/mol. The molecule has 1 atom stereocenters. The molecule has 2 aliphatic rings. The van der Waals surface area contributed by atoms with Crippen molar-refractivity contribution in [2.45, 2.75) is 38.3 Å². The second-order valence-corrected chi connectivity index (χ2v) is 6.94. The van der Waals surface area contributed by atoms with Gasteiger partial charge >= 0.3 is 0 Å². The van der Waals surface area contributed by atoms with Crippen LogP contribution in [-0.4, -0.2) is 52.2 Å². The third-order valence-corrected chi connectivity index (χ3v) is 5.27. The van der Waals surface area contributed by atoms with Crippen molar-refractivity contribution in [2.75, 3.05) is 26.2 Å². The number of likely N-dealkylation sites (tertiary alicyclic amines) is 1. The largest absolute Gasteiger partial charge is 0.376 e. The predicted molar refractivity (Wildman–Crippen MR) is 96.7 cm³/mol. The van der Waals surface area contributed by atoms with Gasteiger partial charge in [-0.1, -0.05) is 12.5 Å². The van der Waals surface area contributed by atoms with E-state index in [4.69, 9.17) is 4.74 Å². The Morgan fingerprint density at radius 1 is 1.35 bits per heavy atom. The van der Waals surface area contributed by atoms with Crippen LogP contribution >= 0.6 is 0 Å². The highest BCUT2D eigenvalue weighted by Gasteiger charge is 2.26. The smallest absolute Gasteiger partial charge is 0.272 e. The van der Waals surface area contributed by atoms with Gasteiger partial charge in [0.1, 0.15) is 0 Å². The van der Waals surface area contributed by atoms with Gasteiger partial charge in [0.05, 0.1) is 19.3 Å². The summed E-state index contributed by atoms with van der Waals surface area (Å²) in [6.45, 7) is 3.79. The Morgan fingerprint density at radius 3 is 3.04 bits per heavy atom. The summed E-state index contributed by atoms with van der Waals surface area (Å²) in [6.07, 6.45) is 8.15. The fourth-order valence-corrected chi connectivity index (χ4v) is 3.83. The lowest BCUT2D eigenvalue weighted by molar-refractivity contribution is 0.0899. The van der Waals surface area contributed by atoms with Crippen LogP contribution in [0.15, 0.2) is 24.5 Å². The zero-order chi connectivity index (χ0) is 17.8. The number of piperidine rings is 1. The molecule has 0 aliphatic carbocycles. The Hall–Kier alpha value is -2.25. The highest BCUT2D eigenvalue weighted by Crippen LogP contribution is 2.24. The van der Waals surface area contributed by atoms with Gasteiger partial charge in [-0.15, -0.1) is 0 Å². The van der Waals surface area contributed by atoms with Crippen LogP contribution in [0, 0.1) is 0 Å². The maximum Gasteiger partial charge on any atom is 0.272 e. The number of ether oxygens (including phenoxy) is 1. The van der Waals surface area contributed by atoms with Gasteiger partial charge in [0.2, 0.25) is 0 Å². The summed E-state index contributed by atoms with van der Waals surface area (Å²) in [7, 11) is 0. The zero-order valence-electron chi connectivity index (χ0n) is 14.9. The summed E-state index contributed by atoms with van der Waals surface area (Å²) in [5, 5.41) is 10.3. The first-order chi connectivity index (χ1) is 12.8. The molecule has 26 heavy (non-hydrogen) atoms. The monoisotopic (exact) mass is 355 g/mol. The van der Waals surface area contributed by atoms with Crippen LogP contribution in [-0.2, 0) is 17.8 Å². The number of rotatable bonds is 5. The number of nitrogens with one attached hydrogen (secondary N) is 2. The second-order valence-electron chi connectivity index (χ2n) is 6.94. The van der Waals surface area contributed by atoms with E-state index in [9.17, 15) is 4.79 Å². The van der Waals surface area contributed by atoms with Crippen LogP contribution in [0.2, 0.25) is 0 Å². The van der Waals surface area contributed by atoms with Crippen molar-refractivity contribution in [3.05, 3.63) is 47.0 Å². The Bertz CT molecular complexity index is 740. The van der Waals surface area contributed by atoms with Crippen LogP contribution in [0.25, 0.3) is 0 Å². The van der Waals surface area contributed by atoms with Gasteiger partial charge in [-0.05, 0) is 37.6 Å². The number of hydrogen-bond donors (Lipinski definition) is 2. The lowest BCUT2D eigenvalue weighted by Crippen LogP contribution is -2.41. The molecule has 138 valence electrons. The average Bonchev–Trinajstić information content (AvgIpc) is 3.14. The Kier molecular flexibility index (Phi) is 5.26. The predicted octanol–water partition coefficient (Wildman–Crippen LogP) is 1.83. The van der Waals surface area contributed by atoms with Gasteiger partial charge in [-0.2, -0.15) is 5.10 Å². The van der Waals surface area contributed by atoms with E-state index in [-0.39, 0.29) is 11.9 Å². The molecule has 4 rings (SSSR count). The third-order valence-electron chi connectivity index (χ3n) is 5.27. The molecular formula is C19H25N5O2. The normalized spacial score (nSPS) is 18.9. The maximum absolute atomic E-state index is 12.7. The molecule has 2 aromatic rings. The van der Waals surface area contributed by atoms with Crippen LogP contribution in [0.4, 0.5) is 0 Å². The molecule has 0 unspecified atom stereocenters. The molecule has 7 nitrogen and oxygen atoms in total. The van der Waals surface area contributed by atoms with Crippen molar-refractivity contribution in [3.63, 3.8) is 0 Å². The number of carbonyl (C=O) groups is 1. The van der Waals surface area contributed by atoms with Crippen molar-refractivity contribution >= 4 is 5.91 Å². The van der Waals surface area contributed by atoms with Gasteiger partial charge < -0.3 is 10.1 Å². The first kappa shape index (κ1) is 17.2.